The Balaban J connectivity index is 2.58. The van der Waals surface area contributed by atoms with Crippen molar-refractivity contribution in [2.24, 2.45) is 5.92 Å². The van der Waals surface area contributed by atoms with Crippen LogP contribution in [-0.2, 0) is 4.74 Å². The van der Waals surface area contributed by atoms with Crippen LogP contribution in [0.2, 0.25) is 0 Å². The summed E-state index contributed by atoms with van der Waals surface area (Å²) in [5.41, 5.74) is 1.66. The molecule has 0 spiro atoms. The number of rotatable bonds is 8. The van der Waals surface area contributed by atoms with Crippen LogP contribution in [0.1, 0.15) is 65.2 Å². The van der Waals surface area contributed by atoms with E-state index in [9.17, 15) is 0 Å². The maximum atomic E-state index is 5.29. The lowest BCUT2D eigenvalue weighted by atomic mass is 9.90. The molecule has 0 aromatic rings. The van der Waals surface area contributed by atoms with E-state index in [1.807, 2.05) is 0 Å². The summed E-state index contributed by atoms with van der Waals surface area (Å²) in [6, 6.07) is 0.572. The minimum absolute atomic E-state index is 0.572. The fourth-order valence-electron chi connectivity index (χ4n) is 2.97. The number of nitrogens with one attached hydrogen (secondary N) is 1. The Kier molecular flexibility index (Phi) is 9.19. The van der Waals surface area contributed by atoms with E-state index in [0.29, 0.717) is 12.0 Å². The van der Waals surface area contributed by atoms with E-state index in [1.165, 1.54) is 51.4 Å². The van der Waals surface area contributed by atoms with Crippen LogP contribution in [0.3, 0.4) is 0 Å². The number of hydrogen-bond acceptors (Lipinski definition) is 2. The first-order valence-corrected chi connectivity index (χ1v) is 8.19. The van der Waals surface area contributed by atoms with Crippen LogP contribution < -0.4 is 5.32 Å². The lowest BCUT2D eigenvalue weighted by molar-refractivity contribution is 0.151. The van der Waals surface area contributed by atoms with Crippen LogP contribution >= 0.6 is 0 Å². The molecule has 0 bridgehead atoms. The Morgan fingerprint density at radius 2 is 2.05 bits per heavy atom. The SMILES string of the molecule is CCCNC(CC(C)COC)C1=CCCCCCC1. The quantitative estimate of drug-likeness (QED) is 0.662. The molecule has 2 unspecified atom stereocenters. The fourth-order valence-corrected chi connectivity index (χ4v) is 2.97. The molecule has 0 aliphatic heterocycles. The monoisotopic (exact) mass is 267 g/mol. The van der Waals surface area contributed by atoms with E-state index in [2.05, 4.69) is 25.2 Å². The van der Waals surface area contributed by atoms with Crippen LogP contribution in [0.15, 0.2) is 11.6 Å². The Morgan fingerprint density at radius 1 is 1.26 bits per heavy atom. The Bertz CT molecular complexity index is 250. The van der Waals surface area contributed by atoms with Gasteiger partial charge in [-0.25, -0.2) is 0 Å². The van der Waals surface area contributed by atoms with Gasteiger partial charge in [-0.3, -0.25) is 0 Å². The largest absolute Gasteiger partial charge is 0.384 e. The molecule has 1 aliphatic carbocycles. The van der Waals surface area contributed by atoms with Gasteiger partial charge in [-0.1, -0.05) is 38.3 Å². The van der Waals surface area contributed by atoms with Crippen LogP contribution in [0, 0.1) is 5.92 Å². The molecule has 112 valence electrons. The number of hydrogen-bond donors (Lipinski definition) is 1. The molecule has 1 rings (SSSR count). The standard InChI is InChI=1S/C17H33NO/c1-4-12-18-17(13-15(2)14-19-3)16-10-8-6-5-7-9-11-16/h10,15,17-18H,4-9,11-14H2,1-3H3. The highest BCUT2D eigenvalue weighted by Gasteiger charge is 2.17. The minimum Gasteiger partial charge on any atom is -0.384 e. The second-order valence-corrected chi connectivity index (χ2v) is 6.03. The third kappa shape index (κ3) is 7.12. The maximum absolute atomic E-state index is 5.29. The van der Waals surface area contributed by atoms with Crippen LogP contribution in [0.4, 0.5) is 0 Å². The molecular weight excluding hydrogens is 234 g/mol. The van der Waals surface area contributed by atoms with Gasteiger partial charge < -0.3 is 10.1 Å². The first kappa shape index (κ1) is 16.7. The zero-order valence-corrected chi connectivity index (χ0v) is 13.2. The lowest BCUT2D eigenvalue weighted by Crippen LogP contribution is -2.34. The van der Waals surface area contributed by atoms with Crippen LogP contribution in [0.5, 0.6) is 0 Å². The molecule has 0 fully saturated rings. The summed E-state index contributed by atoms with van der Waals surface area (Å²) in [5.74, 6) is 0.630. The molecule has 0 amide bonds. The van der Waals surface area contributed by atoms with E-state index < -0.39 is 0 Å². The summed E-state index contributed by atoms with van der Waals surface area (Å²) < 4.78 is 5.29. The predicted molar refractivity (Wildman–Crippen MR) is 83.5 cm³/mol. The third-order valence-electron chi connectivity index (χ3n) is 4.00. The number of ether oxygens (including phenoxy) is 1. The van der Waals surface area contributed by atoms with Crippen LogP contribution in [-0.4, -0.2) is 26.3 Å². The lowest BCUT2D eigenvalue weighted by Gasteiger charge is -2.26. The summed E-state index contributed by atoms with van der Waals surface area (Å²) >= 11 is 0. The Labute approximate surface area is 120 Å². The smallest absolute Gasteiger partial charge is 0.0488 e. The molecule has 19 heavy (non-hydrogen) atoms. The summed E-state index contributed by atoms with van der Waals surface area (Å²) in [7, 11) is 1.81. The van der Waals surface area contributed by atoms with Gasteiger partial charge in [-0.2, -0.15) is 0 Å². The maximum Gasteiger partial charge on any atom is 0.0488 e. The molecule has 0 saturated carbocycles. The van der Waals surface area contributed by atoms with Gasteiger partial charge in [0.25, 0.3) is 0 Å². The molecular formula is C17H33NO. The zero-order valence-electron chi connectivity index (χ0n) is 13.2. The van der Waals surface area contributed by atoms with Gasteiger partial charge in [0.2, 0.25) is 0 Å². The molecule has 2 atom stereocenters. The highest BCUT2D eigenvalue weighted by molar-refractivity contribution is 5.12. The van der Waals surface area contributed by atoms with Crippen molar-refractivity contribution in [1.29, 1.82) is 0 Å². The molecule has 0 saturated heterocycles. The first-order valence-electron chi connectivity index (χ1n) is 8.19. The van der Waals surface area contributed by atoms with Crippen molar-refractivity contribution >= 4 is 0 Å². The molecule has 0 radical (unpaired) electrons. The van der Waals surface area contributed by atoms with E-state index >= 15 is 0 Å². The van der Waals surface area contributed by atoms with Gasteiger partial charge in [-0.15, -0.1) is 0 Å². The third-order valence-corrected chi connectivity index (χ3v) is 4.00. The second kappa shape index (κ2) is 10.4. The average Bonchev–Trinajstić information content (AvgIpc) is 2.35. The van der Waals surface area contributed by atoms with Gasteiger partial charge in [0, 0.05) is 19.8 Å². The van der Waals surface area contributed by atoms with Gasteiger partial charge in [0.1, 0.15) is 0 Å². The van der Waals surface area contributed by atoms with Crippen molar-refractivity contribution in [3.05, 3.63) is 11.6 Å². The molecule has 1 N–H and O–H groups in total. The summed E-state index contributed by atoms with van der Waals surface area (Å²) in [4.78, 5) is 0. The van der Waals surface area contributed by atoms with Gasteiger partial charge in [-0.05, 0) is 51.0 Å². The average molecular weight is 267 g/mol. The molecule has 0 aromatic carbocycles. The molecule has 0 aromatic heterocycles. The van der Waals surface area contributed by atoms with E-state index in [-0.39, 0.29) is 0 Å². The normalized spacial score (nSPS) is 20.3. The topological polar surface area (TPSA) is 21.3 Å². The predicted octanol–water partition coefficient (Wildman–Crippen LogP) is 4.31. The van der Waals surface area contributed by atoms with E-state index in [1.54, 1.807) is 12.7 Å². The van der Waals surface area contributed by atoms with Crippen molar-refractivity contribution in [2.75, 3.05) is 20.3 Å². The fraction of sp³-hybridized carbons (Fsp3) is 0.882. The first-order chi connectivity index (χ1) is 9.27. The highest BCUT2D eigenvalue weighted by Crippen LogP contribution is 2.23. The van der Waals surface area contributed by atoms with Crippen molar-refractivity contribution in [3.63, 3.8) is 0 Å². The van der Waals surface area contributed by atoms with Crippen LogP contribution in [0.25, 0.3) is 0 Å². The van der Waals surface area contributed by atoms with Crippen molar-refractivity contribution in [2.45, 2.75) is 71.3 Å². The second-order valence-electron chi connectivity index (χ2n) is 6.03. The van der Waals surface area contributed by atoms with Gasteiger partial charge >= 0.3 is 0 Å². The molecule has 0 heterocycles. The van der Waals surface area contributed by atoms with E-state index in [0.717, 1.165) is 13.2 Å². The molecule has 2 heteroatoms. The zero-order chi connectivity index (χ0) is 13.9. The number of allylic oxidation sites excluding steroid dienone is 1. The number of methoxy groups -OCH3 is 1. The van der Waals surface area contributed by atoms with Crippen molar-refractivity contribution in [1.82, 2.24) is 5.32 Å². The minimum atomic E-state index is 0.572. The Hall–Kier alpha value is -0.340. The molecule has 2 nitrogen and oxygen atoms in total. The van der Waals surface area contributed by atoms with Crippen molar-refractivity contribution in [3.8, 4) is 0 Å². The van der Waals surface area contributed by atoms with Gasteiger partial charge in [0.15, 0.2) is 0 Å². The summed E-state index contributed by atoms with van der Waals surface area (Å²) in [5, 5.41) is 3.75. The molecule has 1 aliphatic rings. The van der Waals surface area contributed by atoms with Crippen molar-refractivity contribution < 1.29 is 4.74 Å². The Morgan fingerprint density at radius 3 is 2.79 bits per heavy atom. The van der Waals surface area contributed by atoms with Gasteiger partial charge in [0.05, 0.1) is 0 Å². The summed E-state index contributed by atoms with van der Waals surface area (Å²) in [6.07, 6.45) is 13.1. The highest BCUT2D eigenvalue weighted by atomic mass is 16.5. The summed E-state index contributed by atoms with van der Waals surface area (Å²) in [6.45, 7) is 6.54. The van der Waals surface area contributed by atoms with E-state index in [4.69, 9.17) is 4.74 Å².